The van der Waals surface area contributed by atoms with Gasteiger partial charge in [-0.3, -0.25) is 0 Å². The molecule has 12 heavy (non-hydrogen) atoms. The van der Waals surface area contributed by atoms with Gasteiger partial charge < -0.3 is 4.74 Å². The molecule has 0 spiro atoms. The van der Waals surface area contributed by atoms with E-state index in [1.54, 1.807) is 0 Å². The van der Waals surface area contributed by atoms with E-state index in [9.17, 15) is 0 Å². The Kier molecular flexibility index (Phi) is 4.67. The highest BCUT2D eigenvalue weighted by Crippen LogP contribution is 2.24. The highest BCUT2D eigenvalue weighted by Gasteiger charge is 2.23. The van der Waals surface area contributed by atoms with E-state index in [1.807, 2.05) is 0 Å². The molecule has 0 aromatic carbocycles. The summed E-state index contributed by atoms with van der Waals surface area (Å²) in [6.45, 7) is 5.60. The van der Waals surface area contributed by atoms with Crippen molar-refractivity contribution in [1.82, 2.24) is 0 Å². The van der Waals surface area contributed by atoms with Gasteiger partial charge in [-0.05, 0) is 18.8 Å². The largest absolute Gasteiger partial charge is 0.378 e. The molecule has 1 saturated heterocycles. The molecule has 1 aliphatic heterocycles. The van der Waals surface area contributed by atoms with E-state index in [2.05, 4.69) is 13.8 Å². The van der Waals surface area contributed by atoms with Crippen molar-refractivity contribution in [2.75, 3.05) is 6.61 Å². The van der Waals surface area contributed by atoms with Crippen LogP contribution in [0.5, 0.6) is 0 Å². The van der Waals surface area contributed by atoms with Crippen molar-refractivity contribution in [2.45, 2.75) is 58.5 Å². The van der Waals surface area contributed by atoms with Crippen LogP contribution in [0.15, 0.2) is 0 Å². The predicted octanol–water partition coefficient (Wildman–Crippen LogP) is 3.38. The van der Waals surface area contributed by atoms with Crippen LogP contribution in [0.3, 0.4) is 0 Å². The summed E-state index contributed by atoms with van der Waals surface area (Å²) in [5, 5.41) is 0. The molecule has 0 amide bonds. The minimum Gasteiger partial charge on any atom is -0.378 e. The molecule has 1 aliphatic rings. The number of hydrogen-bond acceptors (Lipinski definition) is 1. The molecule has 0 saturated carbocycles. The maximum atomic E-state index is 5.45. The van der Waals surface area contributed by atoms with Gasteiger partial charge in [-0.25, -0.2) is 0 Å². The molecule has 1 nitrogen and oxygen atoms in total. The molecule has 0 aromatic heterocycles. The predicted molar refractivity (Wildman–Crippen MR) is 52.3 cm³/mol. The second-order valence-corrected chi connectivity index (χ2v) is 4.02. The highest BCUT2D eigenvalue weighted by molar-refractivity contribution is 4.72. The molecule has 0 bridgehead atoms. The minimum absolute atomic E-state index is 0.603. The molecular formula is C11H22O. The first-order chi connectivity index (χ1) is 5.84. The first-order valence-corrected chi connectivity index (χ1v) is 5.46. The van der Waals surface area contributed by atoms with Crippen molar-refractivity contribution < 1.29 is 4.74 Å². The van der Waals surface area contributed by atoms with E-state index < -0.39 is 0 Å². The summed E-state index contributed by atoms with van der Waals surface area (Å²) >= 11 is 0. The molecule has 1 fully saturated rings. The lowest BCUT2D eigenvalue weighted by Gasteiger charge is -2.32. The molecular weight excluding hydrogens is 148 g/mol. The van der Waals surface area contributed by atoms with Gasteiger partial charge in [0.1, 0.15) is 0 Å². The SMILES string of the molecule is CCCCCCC(C)C1CCO1. The lowest BCUT2D eigenvalue weighted by atomic mass is 9.93. The average molecular weight is 170 g/mol. The molecule has 72 valence electrons. The van der Waals surface area contributed by atoms with Crippen molar-refractivity contribution in [3.63, 3.8) is 0 Å². The zero-order chi connectivity index (χ0) is 8.81. The fraction of sp³-hybridized carbons (Fsp3) is 1.00. The normalized spacial score (nSPS) is 25.0. The Hall–Kier alpha value is -0.0400. The Morgan fingerprint density at radius 3 is 2.58 bits per heavy atom. The number of rotatable bonds is 6. The first-order valence-electron chi connectivity index (χ1n) is 5.46. The van der Waals surface area contributed by atoms with Gasteiger partial charge in [0.25, 0.3) is 0 Å². The van der Waals surface area contributed by atoms with Gasteiger partial charge in [-0.1, -0.05) is 39.5 Å². The molecule has 0 N–H and O–H groups in total. The monoisotopic (exact) mass is 170 g/mol. The zero-order valence-electron chi connectivity index (χ0n) is 8.51. The summed E-state index contributed by atoms with van der Waals surface area (Å²) < 4.78 is 5.45. The Labute approximate surface area is 76.5 Å². The van der Waals surface area contributed by atoms with Gasteiger partial charge in [0.2, 0.25) is 0 Å². The Morgan fingerprint density at radius 1 is 1.33 bits per heavy atom. The van der Waals surface area contributed by atoms with Crippen LogP contribution in [0, 0.1) is 5.92 Å². The van der Waals surface area contributed by atoms with E-state index in [1.165, 1.54) is 38.5 Å². The third kappa shape index (κ3) is 3.14. The van der Waals surface area contributed by atoms with Gasteiger partial charge >= 0.3 is 0 Å². The molecule has 2 atom stereocenters. The van der Waals surface area contributed by atoms with Crippen LogP contribution in [0.25, 0.3) is 0 Å². The number of hydrogen-bond donors (Lipinski definition) is 0. The number of unbranched alkanes of at least 4 members (excludes halogenated alkanes) is 3. The summed E-state index contributed by atoms with van der Waals surface area (Å²) in [5.41, 5.74) is 0. The molecule has 1 heterocycles. The lowest BCUT2D eigenvalue weighted by molar-refractivity contribution is -0.0824. The second-order valence-electron chi connectivity index (χ2n) is 4.02. The third-order valence-corrected chi connectivity index (χ3v) is 2.88. The zero-order valence-corrected chi connectivity index (χ0v) is 8.51. The Balaban J connectivity index is 1.91. The Morgan fingerprint density at radius 2 is 2.08 bits per heavy atom. The van der Waals surface area contributed by atoms with Crippen LogP contribution < -0.4 is 0 Å². The molecule has 0 radical (unpaired) electrons. The van der Waals surface area contributed by atoms with E-state index in [0.717, 1.165) is 12.5 Å². The van der Waals surface area contributed by atoms with E-state index in [-0.39, 0.29) is 0 Å². The topological polar surface area (TPSA) is 9.23 Å². The average Bonchev–Trinajstić information content (AvgIpc) is 1.95. The highest BCUT2D eigenvalue weighted by atomic mass is 16.5. The van der Waals surface area contributed by atoms with Crippen LogP contribution in [0.1, 0.15) is 52.4 Å². The molecule has 0 aliphatic carbocycles. The van der Waals surface area contributed by atoms with Crippen LogP contribution in [-0.2, 0) is 4.74 Å². The van der Waals surface area contributed by atoms with Crippen LogP contribution >= 0.6 is 0 Å². The van der Waals surface area contributed by atoms with E-state index >= 15 is 0 Å². The van der Waals surface area contributed by atoms with Gasteiger partial charge in [-0.15, -0.1) is 0 Å². The van der Waals surface area contributed by atoms with Gasteiger partial charge in [0.15, 0.2) is 0 Å². The molecule has 2 unspecified atom stereocenters. The van der Waals surface area contributed by atoms with Crippen molar-refractivity contribution in [3.05, 3.63) is 0 Å². The van der Waals surface area contributed by atoms with Crippen molar-refractivity contribution in [3.8, 4) is 0 Å². The number of ether oxygens (including phenoxy) is 1. The van der Waals surface area contributed by atoms with E-state index in [4.69, 9.17) is 4.74 Å². The summed E-state index contributed by atoms with van der Waals surface area (Å²) in [5.74, 6) is 0.801. The second kappa shape index (κ2) is 5.58. The van der Waals surface area contributed by atoms with Crippen LogP contribution in [0.2, 0.25) is 0 Å². The van der Waals surface area contributed by atoms with Crippen LogP contribution in [-0.4, -0.2) is 12.7 Å². The van der Waals surface area contributed by atoms with Crippen molar-refractivity contribution >= 4 is 0 Å². The first kappa shape index (κ1) is 10.0. The van der Waals surface area contributed by atoms with Crippen molar-refractivity contribution in [1.29, 1.82) is 0 Å². The molecule has 0 aromatic rings. The summed E-state index contributed by atoms with van der Waals surface area (Å²) in [6.07, 6.45) is 8.82. The summed E-state index contributed by atoms with van der Waals surface area (Å²) in [4.78, 5) is 0. The molecule has 1 rings (SSSR count). The fourth-order valence-electron chi connectivity index (χ4n) is 1.78. The van der Waals surface area contributed by atoms with E-state index in [0.29, 0.717) is 6.10 Å². The summed E-state index contributed by atoms with van der Waals surface area (Å²) in [7, 11) is 0. The fourth-order valence-corrected chi connectivity index (χ4v) is 1.78. The maximum Gasteiger partial charge on any atom is 0.0622 e. The third-order valence-electron chi connectivity index (χ3n) is 2.88. The van der Waals surface area contributed by atoms with Crippen LogP contribution in [0.4, 0.5) is 0 Å². The van der Waals surface area contributed by atoms with Gasteiger partial charge in [0.05, 0.1) is 6.10 Å². The minimum atomic E-state index is 0.603. The van der Waals surface area contributed by atoms with Crippen molar-refractivity contribution in [2.24, 2.45) is 5.92 Å². The smallest absolute Gasteiger partial charge is 0.0622 e. The summed E-state index contributed by atoms with van der Waals surface area (Å²) in [6, 6.07) is 0. The van der Waals surface area contributed by atoms with Gasteiger partial charge in [0, 0.05) is 6.61 Å². The van der Waals surface area contributed by atoms with Gasteiger partial charge in [-0.2, -0.15) is 0 Å². The maximum absolute atomic E-state index is 5.45. The quantitative estimate of drug-likeness (QED) is 0.555. The molecule has 1 heteroatoms. The standard InChI is InChI=1S/C11H22O/c1-3-4-5-6-7-10(2)11-8-9-12-11/h10-11H,3-9H2,1-2H3. The Bertz CT molecular complexity index is 108. The lowest BCUT2D eigenvalue weighted by Crippen LogP contribution is -2.32.